The summed E-state index contributed by atoms with van der Waals surface area (Å²) >= 11 is 1.14. The minimum Gasteiger partial charge on any atom is -0.302 e. The summed E-state index contributed by atoms with van der Waals surface area (Å²) in [4.78, 5) is 52.5. The second-order valence-corrected chi connectivity index (χ2v) is 7.42. The van der Waals surface area contributed by atoms with Crippen LogP contribution in [0.15, 0.2) is 42.5 Å². The summed E-state index contributed by atoms with van der Waals surface area (Å²) < 4.78 is 0.598. The number of hydrogen-bond donors (Lipinski definition) is 1. The normalized spacial score (nSPS) is 13.0. The molecule has 0 saturated carbocycles. The van der Waals surface area contributed by atoms with E-state index in [2.05, 4.69) is 10.3 Å². The molecular weight excluding hydrogens is 396 g/mol. The van der Waals surface area contributed by atoms with Crippen LogP contribution in [0.5, 0.6) is 0 Å². The number of carbonyl (C=O) groups is 3. The van der Waals surface area contributed by atoms with Crippen LogP contribution in [0.2, 0.25) is 0 Å². The molecule has 0 fully saturated rings. The first-order valence-corrected chi connectivity index (χ1v) is 9.56. The van der Waals surface area contributed by atoms with Gasteiger partial charge in [0.1, 0.15) is 0 Å². The number of fused-ring (bicyclic) bond motifs is 2. The van der Waals surface area contributed by atoms with Crippen molar-refractivity contribution in [3.63, 3.8) is 0 Å². The third-order valence-electron chi connectivity index (χ3n) is 4.49. The second-order valence-electron chi connectivity index (χ2n) is 6.39. The maximum Gasteiger partial charge on any atom is 0.270 e. The molecule has 1 N–H and O–H groups in total. The quantitative estimate of drug-likeness (QED) is 0.378. The van der Waals surface area contributed by atoms with E-state index in [0.29, 0.717) is 32.9 Å². The number of nitrogens with one attached hydrogen (secondary N) is 1. The van der Waals surface area contributed by atoms with Crippen LogP contribution >= 0.6 is 11.3 Å². The van der Waals surface area contributed by atoms with Crippen LogP contribution in [0.3, 0.4) is 0 Å². The van der Waals surface area contributed by atoms with E-state index in [-0.39, 0.29) is 36.4 Å². The summed E-state index contributed by atoms with van der Waals surface area (Å²) in [6, 6.07) is 10.9. The number of benzene rings is 2. The lowest BCUT2D eigenvalue weighted by molar-refractivity contribution is -0.384. The molecule has 0 aliphatic carbocycles. The molecule has 4 rings (SSSR count). The first-order valence-electron chi connectivity index (χ1n) is 8.74. The van der Waals surface area contributed by atoms with Crippen molar-refractivity contribution in [2.75, 3.05) is 11.9 Å². The first-order chi connectivity index (χ1) is 13.9. The molecule has 3 aromatic rings. The number of imide groups is 1. The molecule has 0 spiro atoms. The zero-order chi connectivity index (χ0) is 20.5. The van der Waals surface area contributed by atoms with E-state index in [4.69, 9.17) is 0 Å². The fourth-order valence-corrected chi connectivity index (χ4v) is 4.02. The van der Waals surface area contributed by atoms with Gasteiger partial charge in [-0.25, -0.2) is 4.98 Å². The van der Waals surface area contributed by atoms with Gasteiger partial charge in [0.15, 0.2) is 5.13 Å². The van der Waals surface area contributed by atoms with Crippen molar-refractivity contribution >= 4 is 50.1 Å². The van der Waals surface area contributed by atoms with Crippen LogP contribution < -0.4 is 5.32 Å². The second kappa shape index (κ2) is 7.40. The van der Waals surface area contributed by atoms with Gasteiger partial charge in [0.05, 0.1) is 26.3 Å². The van der Waals surface area contributed by atoms with Gasteiger partial charge in [0.2, 0.25) is 5.91 Å². The highest BCUT2D eigenvalue weighted by Gasteiger charge is 2.34. The molecule has 2 heterocycles. The van der Waals surface area contributed by atoms with Crippen molar-refractivity contribution < 1.29 is 19.3 Å². The summed E-state index contributed by atoms with van der Waals surface area (Å²) in [6.07, 6.45) is 0.414. The third-order valence-corrected chi connectivity index (χ3v) is 5.43. The van der Waals surface area contributed by atoms with E-state index < -0.39 is 4.92 Å². The number of carbonyl (C=O) groups excluding carboxylic acids is 3. The van der Waals surface area contributed by atoms with Crippen molar-refractivity contribution in [1.29, 1.82) is 0 Å². The molecule has 1 aliphatic rings. The Kier molecular flexibility index (Phi) is 4.77. The maximum atomic E-state index is 12.3. The van der Waals surface area contributed by atoms with E-state index in [1.807, 2.05) is 0 Å². The molecule has 29 heavy (non-hydrogen) atoms. The number of hydrogen-bond acceptors (Lipinski definition) is 7. The molecule has 0 unspecified atom stereocenters. The minimum atomic E-state index is -0.489. The standard InChI is InChI=1S/C19H14N4O5S/c24-16(21-19-20-14-8-7-11(23(27)28)10-15(14)29-19)6-3-9-22-17(25)12-4-1-2-5-13(12)18(22)26/h1-2,4-5,7-8,10H,3,6,9H2,(H,20,21,24). The molecule has 10 heteroatoms. The number of aromatic nitrogens is 1. The summed E-state index contributed by atoms with van der Waals surface area (Å²) in [6.45, 7) is 0.145. The van der Waals surface area contributed by atoms with E-state index >= 15 is 0 Å². The smallest absolute Gasteiger partial charge is 0.270 e. The summed E-state index contributed by atoms with van der Waals surface area (Å²) in [5.74, 6) is -1.01. The van der Waals surface area contributed by atoms with Crippen LogP contribution in [0, 0.1) is 10.1 Å². The molecule has 1 aromatic heterocycles. The molecule has 0 atom stereocenters. The molecule has 0 saturated heterocycles. The number of anilines is 1. The number of nitrogens with zero attached hydrogens (tertiary/aromatic N) is 3. The van der Waals surface area contributed by atoms with E-state index in [9.17, 15) is 24.5 Å². The fourth-order valence-electron chi connectivity index (χ4n) is 3.10. The molecule has 2 aromatic carbocycles. The predicted octanol–water partition coefficient (Wildman–Crippen LogP) is 3.22. The molecule has 0 bridgehead atoms. The molecular formula is C19H14N4O5S. The molecule has 9 nitrogen and oxygen atoms in total. The predicted molar refractivity (Wildman–Crippen MR) is 106 cm³/mol. The monoisotopic (exact) mass is 410 g/mol. The van der Waals surface area contributed by atoms with Gasteiger partial charge in [-0.3, -0.25) is 29.4 Å². The highest BCUT2D eigenvalue weighted by Crippen LogP contribution is 2.29. The average Bonchev–Trinajstić information content (AvgIpc) is 3.21. The summed E-state index contributed by atoms with van der Waals surface area (Å²) in [5, 5.41) is 13.8. The van der Waals surface area contributed by atoms with Gasteiger partial charge < -0.3 is 5.32 Å². The van der Waals surface area contributed by atoms with E-state index in [1.165, 1.54) is 18.2 Å². The Morgan fingerprint density at radius 1 is 1.14 bits per heavy atom. The Balaban J connectivity index is 1.34. The lowest BCUT2D eigenvalue weighted by Gasteiger charge is -2.13. The summed E-state index contributed by atoms with van der Waals surface area (Å²) in [7, 11) is 0. The fraction of sp³-hybridized carbons (Fsp3) is 0.158. The SMILES string of the molecule is O=C(CCCN1C(=O)c2ccccc2C1=O)Nc1nc2ccc([N+](=O)[O-])cc2s1. The van der Waals surface area contributed by atoms with Crippen molar-refractivity contribution in [1.82, 2.24) is 9.88 Å². The molecule has 3 amide bonds. The highest BCUT2D eigenvalue weighted by molar-refractivity contribution is 7.22. The van der Waals surface area contributed by atoms with Crippen LogP contribution in [0.1, 0.15) is 33.6 Å². The Labute approximate surface area is 168 Å². The van der Waals surface area contributed by atoms with Crippen LogP contribution in [-0.4, -0.2) is 39.1 Å². The lowest BCUT2D eigenvalue weighted by Crippen LogP contribution is -2.31. The third kappa shape index (κ3) is 3.57. The Bertz CT molecular complexity index is 1140. The number of thiazole rings is 1. The van der Waals surface area contributed by atoms with Crippen molar-refractivity contribution in [2.24, 2.45) is 0 Å². The van der Waals surface area contributed by atoms with Crippen molar-refractivity contribution in [3.05, 3.63) is 63.7 Å². The zero-order valence-electron chi connectivity index (χ0n) is 15.0. The van der Waals surface area contributed by atoms with Gasteiger partial charge in [-0.15, -0.1) is 0 Å². The van der Waals surface area contributed by atoms with Crippen LogP contribution in [0.4, 0.5) is 10.8 Å². The van der Waals surface area contributed by atoms with E-state index in [0.717, 1.165) is 16.2 Å². The number of rotatable bonds is 6. The largest absolute Gasteiger partial charge is 0.302 e. The minimum absolute atomic E-state index is 0.0417. The Hall–Kier alpha value is -3.66. The first kappa shape index (κ1) is 18.7. The van der Waals surface area contributed by atoms with Gasteiger partial charge in [-0.1, -0.05) is 23.5 Å². The average molecular weight is 410 g/mol. The van der Waals surface area contributed by atoms with E-state index in [1.54, 1.807) is 24.3 Å². The van der Waals surface area contributed by atoms with Gasteiger partial charge >= 0.3 is 0 Å². The van der Waals surface area contributed by atoms with Crippen LogP contribution in [0.25, 0.3) is 10.2 Å². The van der Waals surface area contributed by atoms with Gasteiger partial charge in [-0.05, 0) is 24.6 Å². The van der Waals surface area contributed by atoms with Gasteiger partial charge in [-0.2, -0.15) is 0 Å². The number of non-ortho nitro benzene ring substituents is 1. The Morgan fingerprint density at radius 3 is 2.48 bits per heavy atom. The number of nitro benzene ring substituents is 1. The van der Waals surface area contributed by atoms with Crippen molar-refractivity contribution in [2.45, 2.75) is 12.8 Å². The molecule has 1 aliphatic heterocycles. The number of amides is 3. The number of nitro groups is 1. The van der Waals surface area contributed by atoms with Gasteiger partial charge in [0, 0.05) is 25.1 Å². The molecule has 146 valence electrons. The van der Waals surface area contributed by atoms with Crippen molar-refractivity contribution in [3.8, 4) is 0 Å². The molecule has 0 radical (unpaired) electrons. The maximum absolute atomic E-state index is 12.3. The zero-order valence-corrected chi connectivity index (χ0v) is 15.8. The van der Waals surface area contributed by atoms with Gasteiger partial charge in [0.25, 0.3) is 17.5 Å². The topological polar surface area (TPSA) is 123 Å². The Morgan fingerprint density at radius 2 is 1.83 bits per heavy atom. The lowest BCUT2D eigenvalue weighted by atomic mass is 10.1. The van der Waals surface area contributed by atoms with Crippen LogP contribution in [-0.2, 0) is 4.79 Å². The summed E-state index contributed by atoms with van der Waals surface area (Å²) in [5.41, 5.74) is 1.28. The highest BCUT2D eigenvalue weighted by atomic mass is 32.1.